The Bertz CT molecular complexity index is 520. The van der Waals surface area contributed by atoms with Gasteiger partial charge in [0, 0.05) is 12.5 Å². The number of aromatic nitrogens is 4. The molecule has 0 fully saturated rings. The minimum atomic E-state index is 0.150. The minimum Gasteiger partial charge on any atom is -0.312 e. The number of imidazole rings is 1. The molecule has 0 bridgehead atoms. The molecule has 0 aromatic carbocycles. The van der Waals surface area contributed by atoms with E-state index in [1.807, 2.05) is 4.57 Å². The van der Waals surface area contributed by atoms with Gasteiger partial charge in [-0.3, -0.25) is 4.79 Å². The second-order valence-corrected chi connectivity index (χ2v) is 4.23. The van der Waals surface area contributed by atoms with Gasteiger partial charge in [0.2, 0.25) is 0 Å². The quantitative estimate of drug-likeness (QED) is 0.792. The van der Waals surface area contributed by atoms with Crippen LogP contribution in [0, 0.1) is 0 Å². The molecule has 0 aliphatic carbocycles. The van der Waals surface area contributed by atoms with Crippen LogP contribution in [0.5, 0.6) is 0 Å². The molecule has 2 heterocycles. The Morgan fingerprint density at radius 2 is 2.29 bits per heavy atom. The molecule has 2 aromatic heterocycles. The molecule has 0 aliphatic heterocycles. The van der Waals surface area contributed by atoms with Gasteiger partial charge < -0.3 is 4.57 Å². The van der Waals surface area contributed by atoms with Crippen molar-refractivity contribution in [3.63, 3.8) is 0 Å². The number of ketones is 1. The summed E-state index contributed by atoms with van der Waals surface area (Å²) in [5, 5.41) is 0. The Hall–Kier alpha value is -1.78. The number of rotatable bonds is 5. The van der Waals surface area contributed by atoms with E-state index in [1.54, 1.807) is 19.4 Å². The molecule has 17 heavy (non-hydrogen) atoms. The normalized spacial score (nSPS) is 12.8. The van der Waals surface area contributed by atoms with Crippen LogP contribution in [0.15, 0.2) is 18.9 Å². The van der Waals surface area contributed by atoms with Crippen LogP contribution in [0.2, 0.25) is 0 Å². The Balaban J connectivity index is 2.37. The molecule has 5 nitrogen and oxygen atoms in total. The fourth-order valence-electron chi connectivity index (χ4n) is 2.06. The van der Waals surface area contributed by atoms with Crippen LogP contribution in [0.4, 0.5) is 0 Å². The summed E-state index contributed by atoms with van der Waals surface area (Å²) in [6, 6.07) is 0.150. The molecule has 1 unspecified atom stereocenters. The third kappa shape index (κ3) is 2.49. The van der Waals surface area contributed by atoms with E-state index >= 15 is 0 Å². The van der Waals surface area contributed by atoms with E-state index < -0.39 is 0 Å². The largest absolute Gasteiger partial charge is 0.312 e. The van der Waals surface area contributed by atoms with Crippen molar-refractivity contribution in [2.24, 2.45) is 0 Å². The van der Waals surface area contributed by atoms with Crippen LogP contribution in [-0.4, -0.2) is 25.3 Å². The third-order valence-corrected chi connectivity index (χ3v) is 2.78. The standard InChI is InChI=1S/C12H16N4O/c1-3-4-10(5-9(2)17)16-8-15-11-6-13-7-14-12(11)16/h6-8,10H,3-5H2,1-2H3. The molecule has 0 radical (unpaired) electrons. The summed E-state index contributed by atoms with van der Waals surface area (Å²) in [5.74, 6) is 0.194. The number of fused-ring (bicyclic) bond motifs is 1. The lowest BCUT2D eigenvalue weighted by Crippen LogP contribution is -2.12. The molecule has 0 N–H and O–H groups in total. The average Bonchev–Trinajstić information content (AvgIpc) is 2.71. The van der Waals surface area contributed by atoms with Crippen LogP contribution >= 0.6 is 0 Å². The second kappa shape index (κ2) is 5.03. The number of carbonyl (C=O) groups is 1. The highest BCUT2D eigenvalue weighted by Gasteiger charge is 2.15. The molecular weight excluding hydrogens is 216 g/mol. The van der Waals surface area contributed by atoms with E-state index in [1.165, 1.54) is 6.33 Å². The van der Waals surface area contributed by atoms with Gasteiger partial charge in [-0.2, -0.15) is 0 Å². The molecule has 0 saturated carbocycles. The van der Waals surface area contributed by atoms with E-state index in [2.05, 4.69) is 21.9 Å². The minimum absolute atomic E-state index is 0.150. The van der Waals surface area contributed by atoms with Crippen LogP contribution in [-0.2, 0) is 4.79 Å². The summed E-state index contributed by atoms with van der Waals surface area (Å²) < 4.78 is 1.99. The second-order valence-electron chi connectivity index (χ2n) is 4.23. The number of hydrogen-bond donors (Lipinski definition) is 0. The van der Waals surface area contributed by atoms with Gasteiger partial charge in [-0.05, 0) is 13.3 Å². The van der Waals surface area contributed by atoms with Crippen LogP contribution in [0.25, 0.3) is 11.2 Å². The SMILES string of the molecule is CCCC(CC(C)=O)n1cnc2cncnc21. The lowest BCUT2D eigenvalue weighted by Gasteiger charge is -2.16. The maximum absolute atomic E-state index is 11.3. The Morgan fingerprint density at radius 3 is 3.00 bits per heavy atom. The van der Waals surface area contributed by atoms with Crippen molar-refractivity contribution < 1.29 is 4.79 Å². The molecule has 0 spiro atoms. The van der Waals surface area contributed by atoms with Crippen molar-refractivity contribution in [1.82, 2.24) is 19.5 Å². The van der Waals surface area contributed by atoms with Crippen LogP contribution in [0.3, 0.4) is 0 Å². The van der Waals surface area contributed by atoms with Gasteiger partial charge in [0.15, 0.2) is 5.65 Å². The number of hydrogen-bond acceptors (Lipinski definition) is 4. The first-order chi connectivity index (χ1) is 8.22. The maximum Gasteiger partial charge on any atom is 0.163 e. The van der Waals surface area contributed by atoms with Gasteiger partial charge in [0.05, 0.1) is 12.5 Å². The maximum atomic E-state index is 11.3. The van der Waals surface area contributed by atoms with Gasteiger partial charge in [-0.1, -0.05) is 13.3 Å². The summed E-state index contributed by atoms with van der Waals surface area (Å²) >= 11 is 0. The van der Waals surface area contributed by atoms with Crippen molar-refractivity contribution in [1.29, 1.82) is 0 Å². The van der Waals surface area contributed by atoms with Crippen molar-refractivity contribution in [2.45, 2.75) is 39.2 Å². The molecular formula is C12H16N4O. The first kappa shape index (κ1) is 11.7. The van der Waals surface area contributed by atoms with Gasteiger partial charge in [0.1, 0.15) is 17.6 Å². The van der Waals surface area contributed by atoms with Gasteiger partial charge in [-0.25, -0.2) is 15.0 Å². The first-order valence-electron chi connectivity index (χ1n) is 5.84. The number of nitrogens with zero attached hydrogens (tertiary/aromatic N) is 4. The lowest BCUT2D eigenvalue weighted by atomic mass is 10.1. The van der Waals surface area contributed by atoms with E-state index in [0.717, 1.165) is 24.0 Å². The molecule has 90 valence electrons. The Labute approximate surface area is 99.9 Å². The fourth-order valence-corrected chi connectivity index (χ4v) is 2.06. The summed E-state index contributed by atoms with van der Waals surface area (Å²) in [6.45, 7) is 3.73. The zero-order valence-corrected chi connectivity index (χ0v) is 10.1. The monoisotopic (exact) mass is 232 g/mol. The highest BCUT2D eigenvalue weighted by atomic mass is 16.1. The Morgan fingerprint density at radius 1 is 1.47 bits per heavy atom. The van der Waals surface area contributed by atoms with Gasteiger partial charge >= 0.3 is 0 Å². The number of carbonyl (C=O) groups excluding carboxylic acids is 1. The van der Waals surface area contributed by atoms with E-state index in [9.17, 15) is 4.79 Å². The number of Topliss-reactive ketones (excluding diaryl/α,β-unsaturated/α-hetero) is 1. The molecule has 1 atom stereocenters. The highest BCUT2D eigenvalue weighted by Crippen LogP contribution is 2.22. The van der Waals surface area contributed by atoms with E-state index in [0.29, 0.717) is 6.42 Å². The van der Waals surface area contributed by atoms with Crippen LogP contribution in [0.1, 0.15) is 39.2 Å². The summed E-state index contributed by atoms with van der Waals surface area (Å²) in [7, 11) is 0. The fraction of sp³-hybridized carbons (Fsp3) is 0.500. The van der Waals surface area contributed by atoms with Gasteiger partial charge in [0.25, 0.3) is 0 Å². The molecule has 0 amide bonds. The van der Waals surface area contributed by atoms with E-state index in [4.69, 9.17) is 0 Å². The van der Waals surface area contributed by atoms with E-state index in [-0.39, 0.29) is 11.8 Å². The molecule has 0 saturated heterocycles. The topological polar surface area (TPSA) is 60.7 Å². The summed E-state index contributed by atoms with van der Waals surface area (Å²) in [6.07, 6.45) is 7.47. The highest BCUT2D eigenvalue weighted by molar-refractivity contribution is 5.76. The van der Waals surface area contributed by atoms with Gasteiger partial charge in [-0.15, -0.1) is 0 Å². The summed E-state index contributed by atoms with van der Waals surface area (Å²) in [4.78, 5) is 23.7. The molecule has 5 heteroatoms. The first-order valence-corrected chi connectivity index (χ1v) is 5.84. The predicted octanol–water partition coefficient (Wildman–Crippen LogP) is 2.15. The van der Waals surface area contributed by atoms with Crippen molar-refractivity contribution in [3.05, 3.63) is 18.9 Å². The van der Waals surface area contributed by atoms with Crippen molar-refractivity contribution >= 4 is 16.9 Å². The third-order valence-electron chi connectivity index (χ3n) is 2.78. The zero-order chi connectivity index (χ0) is 12.3. The van der Waals surface area contributed by atoms with Crippen molar-refractivity contribution in [3.8, 4) is 0 Å². The summed E-state index contributed by atoms with van der Waals surface area (Å²) in [5.41, 5.74) is 1.58. The lowest BCUT2D eigenvalue weighted by molar-refractivity contribution is -0.117. The molecule has 0 aliphatic rings. The average molecular weight is 232 g/mol. The predicted molar refractivity (Wildman–Crippen MR) is 64.6 cm³/mol. The molecule has 2 rings (SSSR count). The Kier molecular flexibility index (Phi) is 3.46. The zero-order valence-electron chi connectivity index (χ0n) is 10.1. The van der Waals surface area contributed by atoms with Crippen molar-refractivity contribution in [2.75, 3.05) is 0 Å². The molecule has 2 aromatic rings. The van der Waals surface area contributed by atoms with Crippen LogP contribution < -0.4 is 0 Å². The smallest absolute Gasteiger partial charge is 0.163 e.